The summed E-state index contributed by atoms with van der Waals surface area (Å²) < 4.78 is 9.18. The van der Waals surface area contributed by atoms with Gasteiger partial charge in [0.2, 0.25) is 0 Å². The van der Waals surface area contributed by atoms with Crippen molar-refractivity contribution in [3.05, 3.63) is 30.2 Å². The largest absolute Gasteiger partial charge is 0.506 e. The van der Waals surface area contributed by atoms with Gasteiger partial charge in [-0.25, -0.2) is 4.79 Å². The molecule has 0 aliphatic heterocycles. The molecule has 0 fully saturated rings. The molecule has 1 heterocycles. The molecule has 12 heavy (non-hydrogen) atoms. The molecular weight excluding hydrogens is 160 g/mol. The number of ether oxygens (including phenoxy) is 1. The summed E-state index contributed by atoms with van der Waals surface area (Å²) in [5.41, 5.74) is 0. The topological polar surface area (TPSA) is 59.7 Å². The van der Waals surface area contributed by atoms with Crippen LogP contribution in [0.3, 0.4) is 0 Å². The number of carbonyl (C=O) groups is 1. The first-order valence-corrected chi connectivity index (χ1v) is 3.35. The summed E-state index contributed by atoms with van der Waals surface area (Å²) in [6, 6.07) is 3.51. The Morgan fingerprint density at radius 2 is 2.58 bits per heavy atom. The van der Waals surface area contributed by atoms with E-state index in [1.165, 1.54) is 6.26 Å². The van der Waals surface area contributed by atoms with Crippen molar-refractivity contribution in [1.82, 2.24) is 0 Å². The highest BCUT2D eigenvalue weighted by molar-refractivity contribution is 5.57. The van der Waals surface area contributed by atoms with Crippen LogP contribution in [0.25, 0.3) is 6.08 Å². The first-order chi connectivity index (χ1) is 5.79. The van der Waals surface area contributed by atoms with Crippen molar-refractivity contribution in [1.29, 1.82) is 0 Å². The first-order valence-electron chi connectivity index (χ1n) is 3.35. The lowest BCUT2D eigenvalue weighted by Crippen LogP contribution is -1.98. The number of hydrogen-bond donors (Lipinski definition) is 1. The van der Waals surface area contributed by atoms with Gasteiger partial charge in [0.15, 0.2) is 0 Å². The summed E-state index contributed by atoms with van der Waals surface area (Å²) in [6.45, 7) is 0.0377. The molecule has 0 saturated heterocycles. The van der Waals surface area contributed by atoms with Gasteiger partial charge in [-0.05, 0) is 24.3 Å². The molecule has 1 aromatic heterocycles. The summed E-state index contributed by atoms with van der Waals surface area (Å²) in [7, 11) is 0. The predicted octanol–water partition coefficient (Wildman–Crippen LogP) is 1.99. The second-order valence-corrected chi connectivity index (χ2v) is 1.99. The maximum Gasteiger partial charge on any atom is 0.506 e. The van der Waals surface area contributed by atoms with Gasteiger partial charge in [-0.15, -0.1) is 0 Å². The van der Waals surface area contributed by atoms with Gasteiger partial charge in [0.1, 0.15) is 12.4 Å². The third-order valence-electron chi connectivity index (χ3n) is 1.13. The molecule has 0 aromatic carbocycles. The number of carboxylic acid groups (broad SMARTS) is 1. The van der Waals surface area contributed by atoms with Gasteiger partial charge < -0.3 is 14.3 Å². The van der Waals surface area contributed by atoms with Gasteiger partial charge in [0, 0.05) is 0 Å². The van der Waals surface area contributed by atoms with Gasteiger partial charge in [0.05, 0.1) is 6.26 Å². The molecule has 64 valence electrons. The molecule has 0 spiro atoms. The predicted molar refractivity (Wildman–Crippen MR) is 41.7 cm³/mol. The lowest BCUT2D eigenvalue weighted by Gasteiger charge is -1.91. The molecule has 1 N–H and O–H groups in total. The van der Waals surface area contributed by atoms with Crippen molar-refractivity contribution in [3.8, 4) is 0 Å². The smallest absolute Gasteiger partial charge is 0.465 e. The number of furan rings is 1. The Morgan fingerprint density at radius 3 is 3.17 bits per heavy atom. The number of rotatable bonds is 3. The van der Waals surface area contributed by atoms with Crippen LogP contribution in [-0.4, -0.2) is 17.9 Å². The Morgan fingerprint density at radius 1 is 1.75 bits per heavy atom. The van der Waals surface area contributed by atoms with Crippen LogP contribution in [0.4, 0.5) is 4.79 Å². The Balaban J connectivity index is 2.27. The highest BCUT2D eigenvalue weighted by Crippen LogP contribution is 2.01. The highest BCUT2D eigenvalue weighted by atomic mass is 16.7. The van der Waals surface area contributed by atoms with Crippen LogP contribution >= 0.6 is 0 Å². The molecule has 4 heteroatoms. The molecule has 0 amide bonds. The molecule has 1 aromatic rings. The Kier molecular flexibility index (Phi) is 2.95. The fraction of sp³-hybridized carbons (Fsp3) is 0.125. The SMILES string of the molecule is O=C(O)OCC=Cc1ccco1. The Bertz CT molecular complexity index is 261. The van der Waals surface area contributed by atoms with E-state index in [0.29, 0.717) is 5.76 Å². The molecule has 0 radical (unpaired) electrons. The van der Waals surface area contributed by atoms with E-state index in [0.717, 1.165) is 0 Å². The van der Waals surface area contributed by atoms with E-state index >= 15 is 0 Å². The third-order valence-corrected chi connectivity index (χ3v) is 1.13. The van der Waals surface area contributed by atoms with Crippen LogP contribution in [0.2, 0.25) is 0 Å². The van der Waals surface area contributed by atoms with Crippen molar-refractivity contribution < 1.29 is 19.1 Å². The molecule has 4 nitrogen and oxygen atoms in total. The average molecular weight is 168 g/mol. The molecule has 0 bridgehead atoms. The quantitative estimate of drug-likeness (QED) is 0.701. The van der Waals surface area contributed by atoms with E-state index in [9.17, 15) is 4.79 Å². The molecule has 0 saturated carbocycles. The Hall–Kier alpha value is -1.71. The fourth-order valence-electron chi connectivity index (χ4n) is 0.670. The zero-order valence-corrected chi connectivity index (χ0v) is 6.27. The average Bonchev–Trinajstić information content (AvgIpc) is 2.49. The first kappa shape index (κ1) is 8.39. The van der Waals surface area contributed by atoms with Crippen molar-refractivity contribution >= 4 is 12.2 Å². The van der Waals surface area contributed by atoms with Gasteiger partial charge in [0.25, 0.3) is 0 Å². The van der Waals surface area contributed by atoms with E-state index in [1.807, 2.05) is 0 Å². The minimum atomic E-state index is -1.28. The molecular formula is C8H8O4. The minimum Gasteiger partial charge on any atom is -0.465 e. The summed E-state index contributed by atoms with van der Waals surface area (Å²) in [6.07, 6.45) is 3.47. The van der Waals surface area contributed by atoms with Crippen LogP contribution in [-0.2, 0) is 4.74 Å². The Labute approximate surface area is 69.1 Å². The third kappa shape index (κ3) is 2.92. The molecule has 0 aliphatic carbocycles. The van der Waals surface area contributed by atoms with E-state index in [-0.39, 0.29) is 6.61 Å². The van der Waals surface area contributed by atoms with E-state index in [2.05, 4.69) is 4.74 Å². The lowest BCUT2D eigenvalue weighted by molar-refractivity contribution is 0.102. The molecule has 1 rings (SSSR count). The summed E-state index contributed by atoms with van der Waals surface area (Å²) in [5.74, 6) is 0.670. The van der Waals surface area contributed by atoms with Crippen molar-refractivity contribution in [2.45, 2.75) is 0 Å². The zero-order chi connectivity index (χ0) is 8.81. The molecule has 0 unspecified atom stereocenters. The van der Waals surface area contributed by atoms with Crippen LogP contribution < -0.4 is 0 Å². The van der Waals surface area contributed by atoms with Crippen molar-refractivity contribution in [2.75, 3.05) is 6.61 Å². The van der Waals surface area contributed by atoms with Crippen molar-refractivity contribution in [2.24, 2.45) is 0 Å². The fourth-order valence-corrected chi connectivity index (χ4v) is 0.670. The number of hydrogen-bond acceptors (Lipinski definition) is 3. The van der Waals surface area contributed by atoms with Crippen LogP contribution in [0.1, 0.15) is 5.76 Å². The normalized spacial score (nSPS) is 10.3. The minimum absolute atomic E-state index is 0.0377. The van der Waals surface area contributed by atoms with E-state index in [1.54, 1.807) is 24.3 Å². The second-order valence-electron chi connectivity index (χ2n) is 1.99. The van der Waals surface area contributed by atoms with Crippen LogP contribution in [0.5, 0.6) is 0 Å². The summed E-state index contributed by atoms with van der Waals surface area (Å²) in [4.78, 5) is 9.88. The van der Waals surface area contributed by atoms with Crippen molar-refractivity contribution in [3.63, 3.8) is 0 Å². The standard InChI is InChI=1S/C8H8O4/c9-8(10)12-6-2-4-7-3-1-5-11-7/h1-5H,6H2,(H,9,10). The maximum atomic E-state index is 9.88. The second kappa shape index (κ2) is 4.23. The van der Waals surface area contributed by atoms with Gasteiger partial charge >= 0.3 is 6.16 Å². The van der Waals surface area contributed by atoms with Gasteiger partial charge in [-0.1, -0.05) is 0 Å². The van der Waals surface area contributed by atoms with Crippen LogP contribution in [0.15, 0.2) is 28.9 Å². The van der Waals surface area contributed by atoms with Gasteiger partial charge in [-0.2, -0.15) is 0 Å². The monoisotopic (exact) mass is 168 g/mol. The zero-order valence-electron chi connectivity index (χ0n) is 6.27. The summed E-state index contributed by atoms with van der Waals surface area (Å²) >= 11 is 0. The highest BCUT2D eigenvalue weighted by Gasteiger charge is 1.91. The molecule has 0 aliphatic rings. The van der Waals surface area contributed by atoms with E-state index < -0.39 is 6.16 Å². The summed E-state index contributed by atoms with van der Waals surface area (Å²) in [5, 5.41) is 8.09. The maximum absolute atomic E-state index is 9.88. The van der Waals surface area contributed by atoms with E-state index in [4.69, 9.17) is 9.52 Å². The van der Waals surface area contributed by atoms with Gasteiger partial charge in [-0.3, -0.25) is 0 Å². The van der Waals surface area contributed by atoms with Crippen LogP contribution in [0, 0.1) is 0 Å². The lowest BCUT2D eigenvalue weighted by atomic mass is 10.4. The molecule has 0 atom stereocenters.